The second kappa shape index (κ2) is 20.6. The van der Waals surface area contributed by atoms with E-state index in [1.54, 1.807) is 0 Å². The summed E-state index contributed by atoms with van der Waals surface area (Å²) in [6.45, 7) is 9.40. The average Bonchev–Trinajstić information content (AvgIpc) is 4.25. The van der Waals surface area contributed by atoms with Crippen LogP contribution in [-0.2, 0) is 28.5 Å². The highest BCUT2D eigenvalue weighted by molar-refractivity contribution is 5.87. The van der Waals surface area contributed by atoms with E-state index in [1.807, 2.05) is 49.9 Å². The number of carbonyl (C=O) groups is 4. The molecular formula is C56H74N8O8. The van der Waals surface area contributed by atoms with Crippen LogP contribution in [0.3, 0.4) is 0 Å². The summed E-state index contributed by atoms with van der Waals surface area (Å²) in [7, 11) is 2.67. The number of rotatable bonds is 11. The first-order chi connectivity index (χ1) is 34.7. The van der Waals surface area contributed by atoms with Gasteiger partial charge in [0.15, 0.2) is 0 Å². The molecule has 16 nitrogen and oxygen atoms in total. The number of ether oxygens (including phenoxy) is 4. The molecule has 0 radical (unpaired) electrons. The average molecular weight is 987 g/mol. The Hall–Kier alpha value is -5.74. The molecule has 4 saturated heterocycles. The molecule has 72 heavy (non-hydrogen) atoms. The van der Waals surface area contributed by atoms with Gasteiger partial charge in [-0.25, -0.2) is 19.6 Å². The number of H-pyrrole nitrogens is 2. The molecule has 2 unspecified atom stereocenters. The molecule has 10 rings (SSSR count). The van der Waals surface area contributed by atoms with Crippen molar-refractivity contribution in [2.24, 2.45) is 22.7 Å². The number of benzene rings is 2. The maximum absolute atomic E-state index is 14.8. The third-order valence-corrected chi connectivity index (χ3v) is 17.3. The van der Waals surface area contributed by atoms with Gasteiger partial charge in [-0.2, -0.15) is 0 Å². The number of hydrogen-bond donors (Lipinski definition) is 4. The Morgan fingerprint density at radius 2 is 0.903 bits per heavy atom. The molecule has 2 saturated carbocycles. The number of imidazole rings is 2. The highest BCUT2D eigenvalue weighted by atomic mass is 16.5. The van der Waals surface area contributed by atoms with Crippen LogP contribution in [0.25, 0.3) is 33.6 Å². The van der Waals surface area contributed by atoms with Crippen LogP contribution in [0.5, 0.6) is 0 Å². The summed E-state index contributed by atoms with van der Waals surface area (Å²) in [4.78, 5) is 76.2. The van der Waals surface area contributed by atoms with Crippen molar-refractivity contribution in [2.75, 3.05) is 27.3 Å². The lowest BCUT2D eigenvalue weighted by Crippen LogP contribution is -2.54. The van der Waals surface area contributed by atoms with E-state index in [9.17, 15) is 19.2 Å². The first-order valence-electron chi connectivity index (χ1n) is 26.6. The van der Waals surface area contributed by atoms with Crippen LogP contribution >= 0.6 is 0 Å². The van der Waals surface area contributed by atoms with E-state index in [1.165, 1.54) is 14.2 Å². The van der Waals surface area contributed by atoms with E-state index in [0.29, 0.717) is 38.8 Å². The molecule has 8 atom stereocenters. The number of amides is 4. The predicted octanol–water partition coefficient (Wildman–Crippen LogP) is 9.66. The number of hydrogen-bond acceptors (Lipinski definition) is 10. The molecule has 4 N–H and O–H groups in total. The fourth-order valence-corrected chi connectivity index (χ4v) is 14.0. The third kappa shape index (κ3) is 10.3. The van der Waals surface area contributed by atoms with Crippen LogP contribution in [0.15, 0.2) is 60.9 Å². The van der Waals surface area contributed by atoms with Gasteiger partial charge in [0, 0.05) is 36.6 Å². The fourth-order valence-electron chi connectivity index (χ4n) is 14.0. The summed E-state index contributed by atoms with van der Waals surface area (Å²) in [6, 6.07) is 14.8. The minimum atomic E-state index is -0.726. The molecule has 2 aromatic carbocycles. The molecule has 0 bridgehead atoms. The Morgan fingerprint density at radius 1 is 0.569 bits per heavy atom. The van der Waals surface area contributed by atoms with Gasteiger partial charge in [-0.15, -0.1) is 0 Å². The van der Waals surface area contributed by atoms with Crippen LogP contribution in [0, 0.1) is 22.7 Å². The number of methoxy groups -OCH3 is 2. The summed E-state index contributed by atoms with van der Waals surface area (Å²) < 4.78 is 22.1. The van der Waals surface area contributed by atoms with Crippen molar-refractivity contribution in [2.45, 2.75) is 166 Å². The molecule has 16 heteroatoms. The lowest BCUT2D eigenvalue weighted by molar-refractivity contribution is -0.139. The number of nitrogens with one attached hydrogen (secondary N) is 4. The van der Waals surface area contributed by atoms with Crippen molar-refractivity contribution in [3.05, 3.63) is 72.6 Å². The van der Waals surface area contributed by atoms with Gasteiger partial charge in [0.1, 0.15) is 23.7 Å². The molecule has 2 aliphatic carbocycles. The van der Waals surface area contributed by atoms with Gasteiger partial charge in [-0.3, -0.25) is 9.59 Å². The molecule has 2 aromatic heterocycles. The van der Waals surface area contributed by atoms with Crippen LogP contribution in [0.2, 0.25) is 0 Å². The SMILES string of the molecule is COC(=O)N[C@H](C(=O)N1CC2(CCCC2)CC1c1nc(-c2ccc(-c3ccc(-c4c[nH]c(C5CC6(CCCC6)CN5C(=O)[C@@H](NC(=O)OC)C5C[C@@H](C)O[C@H](C)C5)n4)cc3)cc2)c[nH]1)C1C[C@@H](C)O[C@H](C)C1. The molecule has 386 valence electrons. The van der Waals surface area contributed by atoms with Crippen molar-refractivity contribution in [3.63, 3.8) is 0 Å². The lowest BCUT2D eigenvalue weighted by atomic mass is 9.84. The van der Waals surface area contributed by atoms with Crippen LogP contribution in [0.4, 0.5) is 9.59 Å². The van der Waals surface area contributed by atoms with Gasteiger partial charge in [0.2, 0.25) is 11.8 Å². The van der Waals surface area contributed by atoms with E-state index in [0.717, 1.165) is 109 Å². The van der Waals surface area contributed by atoms with Crippen molar-refractivity contribution in [1.29, 1.82) is 0 Å². The van der Waals surface area contributed by atoms with Crippen molar-refractivity contribution < 1.29 is 38.1 Å². The molecular weight excluding hydrogens is 913 g/mol. The molecule has 6 aliphatic rings. The van der Waals surface area contributed by atoms with Crippen molar-refractivity contribution in [1.82, 2.24) is 40.4 Å². The van der Waals surface area contributed by atoms with E-state index >= 15 is 0 Å². The maximum atomic E-state index is 14.8. The van der Waals surface area contributed by atoms with E-state index in [4.69, 9.17) is 28.9 Å². The van der Waals surface area contributed by atoms with E-state index in [2.05, 4.69) is 69.1 Å². The van der Waals surface area contributed by atoms with Gasteiger partial charge < -0.3 is 49.3 Å². The highest BCUT2D eigenvalue weighted by Crippen LogP contribution is 2.54. The van der Waals surface area contributed by atoms with Crippen LogP contribution < -0.4 is 10.6 Å². The van der Waals surface area contributed by atoms with Crippen molar-refractivity contribution >= 4 is 24.0 Å². The van der Waals surface area contributed by atoms with Gasteiger partial charge in [-0.1, -0.05) is 74.2 Å². The summed E-state index contributed by atoms with van der Waals surface area (Å²) in [5.74, 6) is 1.20. The second-order valence-electron chi connectivity index (χ2n) is 22.5. The zero-order chi connectivity index (χ0) is 50.3. The molecule has 6 heterocycles. The normalized spacial score (nSPS) is 28.5. The standard InChI is InChI=1S/C56H74N8O8/c1-33-23-41(24-34(2)71-33)47(61-53(67)69-5)51(65)63-31-55(19-7-8-20-55)27-45(63)49-57-29-43(59-49)39-15-11-37(12-16-39)38-13-17-40(18-14-38)44-30-58-50(60-44)46-28-56(21-9-10-22-56)32-64(46)52(66)48(62-54(68)70-6)42-25-35(3)72-36(4)26-42/h11-18,29-30,33-36,41-42,45-48H,7-10,19-28,31-32H2,1-6H3,(H,57,59)(H,58,60)(H,61,67)(H,62,68)/t33-,34-,35-,36-,45?,46?,47+,48+/m1/s1. The largest absolute Gasteiger partial charge is 0.453 e. The second-order valence-corrected chi connectivity index (χ2v) is 22.5. The monoisotopic (exact) mass is 987 g/mol. The van der Waals surface area contributed by atoms with E-state index in [-0.39, 0.29) is 71.0 Å². The molecule has 4 aromatic rings. The van der Waals surface area contributed by atoms with Gasteiger partial charge in [0.25, 0.3) is 0 Å². The first kappa shape index (κ1) is 49.8. The summed E-state index contributed by atoms with van der Waals surface area (Å²) >= 11 is 0. The number of carbonyl (C=O) groups excluding carboxylic acids is 4. The van der Waals surface area contributed by atoms with Crippen LogP contribution in [-0.4, -0.2) is 118 Å². The smallest absolute Gasteiger partial charge is 0.407 e. The number of aromatic nitrogens is 4. The summed E-state index contributed by atoms with van der Waals surface area (Å²) in [5.41, 5.74) is 5.73. The lowest BCUT2D eigenvalue weighted by Gasteiger charge is -2.38. The van der Waals surface area contributed by atoms with Crippen molar-refractivity contribution in [3.8, 4) is 33.6 Å². The summed E-state index contributed by atoms with van der Waals surface area (Å²) in [6.07, 6.45) is 15.8. The molecule has 6 fully saturated rings. The minimum absolute atomic E-state index is 0.0206. The fraction of sp³-hybridized carbons (Fsp3) is 0.607. The summed E-state index contributed by atoms with van der Waals surface area (Å²) in [5, 5.41) is 5.88. The minimum Gasteiger partial charge on any atom is -0.453 e. The van der Waals surface area contributed by atoms with Gasteiger partial charge >= 0.3 is 12.2 Å². The number of nitrogens with zero attached hydrogens (tertiary/aromatic N) is 4. The number of aromatic amines is 2. The Morgan fingerprint density at radius 3 is 1.24 bits per heavy atom. The third-order valence-electron chi connectivity index (χ3n) is 17.3. The zero-order valence-electron chi connectivity index (χ0n) is 42.9. The Bertz CT molecular complexity index is 2370. The van der Waals surface area contributed by atoms with Crippen LogP contribution in [0.1, 0.15) is 141 Å². The number of alkyl carbamates (subject to hydrolysis) is 2. The molecule has 4 aliphatic heterocycles. The topological polar surface area (TPSA) is 193 Å². The predicted molar refractivity (Wildman–Crippen MR) is 271 cm³/mol. The highest BCUT2D eigenvalue weighted by Gasteiger charge is 2.53. The quantitative estimate of drug-likeness (QED) is 0.112. The number of likely N-dealkylation sites (tertiary alicyclic amines) is 2. The van der Waals surface area contributed by atoms with Gasteiger partial charge in [-0.05, 0) is 126 Å². The van der Waals surface area contributed by atoms with E-state index < -0.39 is 24.3 Å². The Balaban J connectivity index is 0.840. The first-order valence-corrected chi connectivity index (χ1v) is 26.6. The molecule has 4 amide bonds. The zero-order valence-corrected chi connectivity index (χ0v) is 42.9. The maximum Gasteiger partial charge on any atom is 0.407 e. The Labute approximate surface area is 423 Å². The Kier molecular flexibility index (Phi) is 14.3. The van der Waals surface area contributed by atoms with Gasteiger partial charge in [0.05, 0.1) is 62.1 Å². The molecule has 2 spiro atoms.